The Morgan fingerprint density at radius 3 is 2.67 bits per heavy atom. The van der Waals surface area contributed by atoms with Crippen molar-refractivity contribution in [3.63, 3.8) is 0 Å². The lowest BCUT2D eigenvalue weighted by Gasteiger charge is -2.22. The molecule has 0 aliphatic rings. The molecule has 4 aromatic rings. The SMILES string of the molecule is Cc1nc([C@@H](C)c2cc(Cl)c(F)c(C(=O)NCc3ccccn3)c2OC(C)C)n2ccnc(N)c12.S. The van der Waals surface area contributed by atoms with Crippen molar-refractivity contribution < 1.29 is 13.9 Å². The first kappa shape index (κ1) is 27.2. The fourth-order valence-corrected chi connectivity index (χ4v) is 4.20. The third-order valence-electron chi connectivity index (χ3n) is 5.58. The van der Waals surface area contributed by atoms with Crippen LogP contribution in [0, 0.1) is 12.7 Å². The number of hydrogen-bond acceptors (Lipinski definition) is 6. The van der Waals surface area contributed by atoms with Gasteiger partial charge in [-0.05, 0) is 39.0 Å². The Morgan fingerprint density at radius 1 is 1.25 bits per heavy atom. The van der Waals surface area contributed by atoms with Crippen LogP contribution in [0.2, 0.25) is 5.02 Å². The van der Waals surface area contributed by atoms with Gasteiger partial charge in [-0.15, -0.1) is 0 Å². The summed E-state index contributed by atoms with van der Waals surface area (Å²) in [6.07, 6.45) is 4.63. The number of hydrogen-bond donors (Lipinski definition) is 2. The smallest absolute Gasteiger partial charge is 0.258 e. The summed E-state index contributed by atoms with van der Waals surface area (Å²) < 4.78 is 23.2. The van der Waals surface area contributed by atoms with Crippen LogP contribution in [0.15, 0.2) is 42.9 Å². The van der Waals surface area contributed by atoms with Crippen molar-refractivity contribution in [1.29, 1.82) is 0 Å². The van der Waals surface area contributed by atoms with E-state index in [0.29, 0.717) is 34.1 Å². The highest BCUT2D eigenvalue weighted by atomic mass is 35.5. The largest absolute Gasteiger partial charge is 0.490 e. The van der Waals surface area contributed by atoms with E-state index in [2.05, 4.69) is 15.3 Å². The van der Waals surface area contributed by atoms with Crippen LogP contribution in [0.3, 0.4) is 0 Å². The van der Waals surface area contributed by atoms with Crippen LogP contribution in [0.5, 0.6) is 5.75 Å². The van der Waals surface area contributed by atoms with Crippen molar-refractivity contribution in [2.45, 2.75) is 46.3 Å². The van der Waals surface area contributed by atoms with Crippen LogP contribution < -0.4 is 15.8 Å². The molecule has 1 atom stereocenters. The quantitative estimate of drug-likeness (QED) is 0.356. The zero-order valence-corrected chi connectivity index (χ0v) is 22.1. The summed E-state index contributed by atoms with van der Waals surface area (Å²) in [4.78, 5) is 26.2. The van der Waals surface area contributed by atoms with Crippen LogP contribution in [0.25, 0.3) is 5.52 Å². The number of carbonyl (C=O) groups is 1. The van der Waals surface area contributed by atoms with E-state index in [-0.39, 0.29) is 42.5 Å². The van der Waals surface area contributed by atoms with Gasteiger partial charge in [0.25, 0.3) is 5.91 Å². The Balaban J connectivity index is 0.00000361. The minimum absolute atomic E-state index is 0. The van der Waals surface area contributed by atoms with E-state index < -0.39 is 17.6 Å². The molecule has 0 spiro atoms. The molecule has 0 aliphatic carbocycles. The second-order valence-electron chi connectivity index (χ2n) is 8.44. The number of imidazole rings is 1. The molecule has 36 heavy (non-hydrogen) atoms. The molecular formula is C25H28ClFN6O2S. The van der Waals surface area contributed by atoms with E-state index in [1.165, 1.54) is 6.07 Å². The second-order valence-corrected chi connectivity index (χ2v) is 8.85. The van der Waals surface area contributed by atoms with Crippen molar-refractivity contribution in [2.24, 2.45) is 0 Å². The Hall–Kier alpha value is -3.37. The van der Waals surface area contributed by atoms with Crippen LogP contribution >= 0.6 is 25.1 Å². The molecule has 0 saturated carbocycles. The van der Waals surface area contributed by atoms with E-state index in [4.69, 9.17) is 27.1 Å². The van der Waals surface area contributed by atoms with E-state index in [1.54, 1.807) is 50.6 Å². The maximum absolute atomic E-state index is 15.3. The van der Waals surface area contributed by atoms with Gasteiger partial charge in [0.15, 0.2) is 5.82 Å². The molecule has 3 aromatic heterocycles. The van der Waals surface area contributed by atoms with Crippen LogP contribution in [-0.2, 0) is 6.54 Å². The summed E-state index contributed by atoms with van der Waals surface area (Å²) in [6.45, 7) is 7.45. The van der Waals surface area contributed by atoms with Crippen LogP contribution in [0.1, 0.15) is 59.8 Å². The van der Waals surface area contributed by atoms with Crippen molar-refractivity contribution in [1.82, 2.24) is 24.7 Å². The summed E-state index contributed by atoms with van der Waals surface area (Å²) in [5, 5.41) is 2.53. The minimum Gasteiger partial charge on any atom is -0.490 e. The number of aromatic nitrogens is 4. The topological polar surface area (TPSA) is 107 Å². The lowest BCUT2D eigenvalue weighted by Crippen LogP contribution is -2.26. The van der Waals surface area contributed by atoms with E-state index in [0.717, 1.165) is 0 Å². The van der Waals surface area contributed by atoms with Gasteiger partial charge in [0.2, 0.25) is 0 Å². The summed E-state index contributed by atoms with van der Waals surface area (Å²) in [6, 6.07) is 6.82. The van der Waals surface area contributed by atoms with E-state index >= 15 is 4.39 Å². The first-order valence-electron chi connectivity index (χ1n) is 11.1. The standard InChI is InChI=1S/C25H26ClFN6O2.H2S/c1-13(2)35-22-17(14(3)24-32-15(4)21-23(28)30-9-10-33(21)24)11-18(26)20(27)19(22)25(34)31-12-16-7-5-6-8-29-16;/h5-11,13-14H,12H2,1-4H3,(H2,28,30)(H,31,34);1H2/t14-;/m0./s1. The molecule has 11 heteroatoms. The minimum atomic E-state index is -0.852. The van der Waals surface area contributed by atoms with Gasteiger partial charge in [-0.25, -0.2) is 14.4 Å². The monoisotopic (exact) mass is 530 g/mol. The number of halogens is 2. The molecule has 8 nitrogen and oxygen atoms in total. The van der Waals surface area contributed by atoms with Gasteiger partial charge in [0.1, 0.15) is 28.5 Å². The number of nitrogens with one attached hydrogen (secondary N) is 1. The Kier molecular flexibility index (Phi) is 8.42. The third-order valence-corrected chi connectivity index (χ3v) is 5.85. The number of fused-ring (bicyclic) bond motifs is 1. The highest BCUT2D eigenvalue weighted by molar-refractivity contribution is 7.59. The molecule has 0 aliphatic heterocycles. The zero-order chi connectivity index (χ0) is 25.3. The molecule has 1 amide bonds. The molecule has 3 heterocycles. The molecule has 0 saturated heterocycles. The number of amides is 1. The maximum Gasteiger partial charge on any atom is 0.258 e. The Bertz CT molecular complexity index is 1400. The van der Waals surface area contributed by atoms with Gasteiger partial charge in [-0.3, -0.25) is 14.2 Å². The van der Waals surface area contributed by atoms with Crippen LogP contribution in [-0.4, -0.2) is 31.4 Å². The molecule has 0 radical (unpaired) electrons. The van der Waals surface area contributed by atoms with Crippen molar-refractivity contribution in [3.05, 3.63) is 82.0 Å². The average Bonchev–Trinajstić information content (AvgIpc) is 3.17. The van der Waals surface area contributed by atoms with Crippen molar-refractivity contribution in [3.8, 4) is 5.75 Å². The van der Waals surface area contributed by atoms with E-state index in [1.807, 2.05) is 18.2 Å². The molecule has 0 fully saturated rings. The van der Waals surface area contributed by atoms with Gasteiger partial charge in [0.05, 0.1) is 29.1 Å². The first-order chi connectivity index (χ1) is 16.7. The summed E-state index contributed by atoms with van der Waals surface area (Å²) in [5.41, 5.74) is 8.35. The number of nitrogen functional groups attached to an aromatic ring is 1. The maximum atomic E-state index is 15.3. The van der Waals surface area contributed by atoms with E-state index in [9.17, 15) is 4.79 Å². The van der Waals surface area contributed by atoms with Gasteiger partial charge >= 0.3 is 0 Å². The van der Waals surface area contributed by atoms with Gasteiger partial charge in [-0.1, -0.05) is 24.6 Å². The number of benzene rings is 1. The van der Waals surface area contributed by atoms with Gasteiger partial charge in [-0.2, -0.15) is 13.5 Å². The zero-order valence-electron chi connectivity index (χ0n) is 20.3. The van der Waals surface area contributed by atoms with Crippen LogP contribution in [0.4, 0.5) is 10.2 Å². The Labute approximate surface area is 220 Å². The number of rotatable bonds is 7. The third kappa shape index (κ3) is 5.24. The average molecular weight is 531 g/mol. The molecule has 1 aromatic carbocycles. The predicted octanol–water partition coefficient (Wildman–Crippen LogP) is 4.79. The fraction of sp³-hybridized carbons (Fsp3) is 0.280. The number of aryl methyl sites for hydroxylation is 1. The normalized spacial score (nSPS) is 11.9. The molecule has 0 unspecified atom stereocenters. The van der Waals surface area contributed by atoms with Crippen molar-refractivity contribution >= 4 is 42.3 Å². The highest BCUT2D eigenvalue weighted by Crippen LogP contribution is 2.39. The number of carbonyl (C=O) groups excluding carboxylic acids is 1. The number of anilines is 1. The molecular weight excluding hydrogens is 503 g/mol. The summed E-state index contributed by atoms with van der Waals surface area (Å²) in [5.74, 6) is -0.840. The number of pyridine rings is 1. The predicted molar refractivity (Wildman–Crippen MR) is 143 cm³/mol. The number of ether oxygens (including phenoxy) is 1. The highest BCUT2D eigenvalue weighted by Gasteiger charge is 2.30. The molecule has 4 rings (SSSR count). The number of nitrogens with two attached hydrogens (primary N) is 1. The lowest BCUT2D eigenvalue weighted by atomic mass is 9.95. The second kappa shape index (κ2) is 11.1. The lowest BCUT2D eigenvalue weighted by molar-refractivity contribution is 0.0939. The van der Waals surface area contributed by atoms with Gasteiger partial charge in [0, 0.05) is 30.1 Å². The molecule has 0 bridgehead atoms. The number of nitrogens with zero attached hydrogens (tertiary/aromatic N) is 4. The summed E-state index contributed by atoms with van der Waals surface area (Å²) in [7, 11) is 0. The molecule has 3 N–H and O–H groups in total. The van der Waals surface area contributed by atoms with Gasteiger partial charge < -0.3 is 15.8 Å². The van der Waals surface area contributed by atoms with Crippen molar-refractivity contribution in [2.75, 3.05) is 5.73 Å². The first-order valence-corrected chi connectivity index (χ1v) is 11.5. The fourth-order valence-electron chi connectivity index (χ4n) is 3.99. The Morgan fingerprint density at radius 2 is 2.00 bits per heavy atom. The molecule has 190 valence electrons. The summed E-state index contributed by atoms with van der Waals surface area (Å²) >= 11 is 6.29.